The van der Waals surface area contributed by atoms with Crippen LogP contribution in [0.3, 0.4) is 0 Å². The minimum Gasteiger partial charge on any atom is -0.480 e. The van der Waals surface area contributed by atoms with E-state index in [2.05, 4.69) is 16.0 Å². The van der Waals surface area contributed by atoms with E-state index in [1.807, 2.05) is 18.8 Å². The van der Waals surface area contributed by atoms with Gasteiger partial charge in [-0.2, -0.15) is 35.3 Å². The number of carboxylic acids is 1. The fraction of sp³-hybridized carbons (Fsp3) is 0.750. The summed E-state index contributed by atoms with van der Waals surface area (Å²) in [5, 5.41) is 16.9. The van der Waals surface area contributed by atoms with Gasteiger partial charge in [0.15, 0.2) is 0 Å². The molecule has 0 aromatic rings. The smallest absolute Gasteiger partial charge is 0.326 e. The van der Waals surface area contributed by atoms with Crippen molar-refractivity contribution >= 4 is 59.5 Å². The van der Waals surface area contributed by atoms with E-state index >= 15 is 0 Å². The summed E-state index contributed by atoms with van der Waals surface area (Å²) in [6, 6.07) is -2.59. The molecule has 0 rings (SSSR count). The van der Waals surface area contributed by atoms with E-state index in [9.17, 15) is 24.3 Å². The fourth-order valence-electron chi connectivity index (χ4n) is 2.15. The van der Waals surface area contributed by atoms with Crippen molar-refractivity contribution < 1.29 is 24.3 Å². The Kier molecular flexibility index (Phi) is 15.3. The molecule has 3 atom stereocenters. The molecule has 0 spiro atoms. The minimum absolute atomic E-state index is 0.300. The number of hydrogen-bond donors (Lipinski definition) is 4. The molecule has 4 N–H and O–H groups in total. The number of aliphatic carboxylic acids is 1. The minimum atomic E-state index is -1.10. The number of carbonyl (C=O) groups is 4. The van der Waals surface area contributed by atoms with Crippen LogP contribution in [0.1, 0.15) is 19.3 Å². The van der Waals surface area contributed by atoms with Crippen LogP contribution in [0, 0.1) is 0 Å². The first-order valence-electron chi connectivity index (χ1n) is 8.41. The summed E-state index contributed by atoms with van der Waals surface area (Å²) in [5.41, 5.74) is 0. The van der Waals surface area contributed by atoms with Gasteiger partial charge in [-0.15, -0.1) is 0 Å². The van der Waals surface area contributed by atoms with Crippen LogP contribution in [0.2, 0.25) is 0 Å². The van der Waals surface area contributed by atoms with Gasteiger partial charge in [-0.3, -0.25) is 14.4 Å². The molecular formula is C16H29N3O5S3. The molecule has 0 aromatic heterocycles. The van der Waals surface area contributed by atoms with Crippen LogP contribution in [0.15, 0.2) is 0 Å². The van der Waals surface area contributed by atoms with Crippen LogP contribution in [0.4, 0.5) is 0 Å². The second-order valence-electron chi connectivity index (χ2n) is 5.64. The van der Waals surface area contributed by atoms with E-state index in [1.165, 1.54) is 23.5 Å². The average molecular weight is 440 g/mol. The molecule has 0 radical (unpaired) electrons. The molecule has 0 bridgehead atoms. The quantitative estimate of drug-likeness (QED) is 0.255. The number of nitrogens with one attached hydrogen (secondary N) is 3. The fourth-order valence-corrected chi connectivity index (χ4v) is 3.56. The highest BCUT2D eigenvalue weighted by atomic mass is 32.2. The number of hydrogen-bond acceptors (Lipinski definition) is 7. The molecule has 0 aliphatic carbocycles. The Hall–Kier alpha value is -1.07. The first kappa shape index (κ1) is 25.9. The number of thioether (sulfide) groups is 3. The van der Waals surface area contributed by atoms with Crippen LogP contribution in [-0.4, -0.2) is 83.5 Å². The third kappa shape index (κ3) is 11.4. The Morgan fingerprint density at radius 2 is 1.22 bits per heavy atom. The maximum absolute atomic E-state index is 12.6. The van der Waals surface area contributed by atoms with Crippen molar-refractivity contribution in [3.63, 3.8) is 0 Å². The summed E-state index contributed by atoms with van der Waals surface area (Å²) in [7, 11) is 0. The molecule has 0 unspecified atom stereocenters. The Balaban J connectivity index is 5.05. The predicted molar refractivity (Wildman–Crippen MR) is 113 cm³/mol. The summed E-state index contributed by atoms with van der Waals surface area (Å²) in [6.07, 6.45) is 7.20. The lowest BCUT2D eigenvalue weighted by molar-refractivity contribution is -0.142. The van der Waals surface area contributed by atoms with E-state index in [4.69, 9.17) is 0 Å². The number of carbonyl (C=O) groups excluding carboxylic acids is 3. The molecular weight excluding hydrogens is 410 g/mol. The predicted octanol–water partition coefficient (Wildman–Crippen LogP) is 0.415. The first-order chi connectivity index (χ1) is 12.9. The van der Waals surface area contributed by atoms with Gasteiger partial charge in [0.25, 0.3) is 0 Å². The lowest BCUT2D eigenvalue weighted by Crippen LogP contribution is -2.55. The second-order valence-corrected chi connectivity index (χ2v) is 8.60. The zero-order valence-corrected chi connectivity index (χ0v) is 18.3. The normalized spacial score (nSPS) is 13.9. The number of carboxylic acid groups (broad SMARTS) is 1. The van der Waals surface area contributed by atoms with Crippen LogP contribution in [-0.2, 0) is 19.2 Å². The Morgan fingerprint density at radius 3 is 1.67 bits per heavy atom. The standard InChI is InChI=1S/C16H29N3O5S3/c1-25-7-4-11(17-10-20)14(21)18-12(5-8-26-2)15(22)19-13(16(23)24)6-9-27-3/h10-13H,4-9H2,1-3H3,(H,17,20)(H,18,21)(H,19,22)(H,23,24)/t11-,12+,13-/m0/s1. The molecule has 0 saturated carbocycles. The van der Waals surface area contributed by atoms with Crippen molar-refractivity contribution in [1.82, 2.24) is 16.0 Å². The zero-order chi connectivity index (χ0) is 20.7. The van der Waals surface area contributed by atoms with Crippen molar-refractivity contribution in [2.45, 2.75) is 37.4 Å². The van der Waals surface area contributed by atoms with Gasteiger partial charge in [-0.25, -0.2) is 4.79 Å². The Morgan fingerprint density at radius 1 is 0.815 bits per heavy atom. The summed E-state index contributed by atoms with van der Waals surface area (Å²) in [6.45, 7) is 0. The Labute approximate surface area is 173 Å². The second kappa shape index (κ2) is 15.9. The molecule has 0 heterocycles. The van der Waals surface area contributed by atoms with Gasteiger partial charge in [0.2, 0.25) is 18.2 Å². The summed E-state index contributed by atoms with van der Waals surface area (Å²) < 4.78 is 0. The van der Waals surface area contributed by atoms with Gasteiger partial charge < -0.3 is 21.1 Å². The monoisotopic (exact) mass is 439 g/mol. The van der Waals surface area contributed by atoms with Crippen molar-refractivity contribution in [1.29, 1.82) is 0 Å². The van der Waals surface area contributed by atoms with Gasteiger partial charge in [0, 0.05) is 0 Å². The molecule has 0 fully saturated rings. The van der Waals surface area contributed by atoms with E-state index in [0.29, 0.717) is 42.9 Å². The van der Waals surface area contributed by atoms with E-state index < -0.39 is 35.9 Å². The van der Waals surface area contributed by atoms with Crippen molar-refractivity contribution in [3.05, 3.63) is 0 Å². The van der Waals surface area contributed by atoms with E-state index in [0.717, 1.165) is 0 Å². The third-order valence-electron chi connectivity index (χ3n) is 3.67. The van der Waals surface area contributed by atoms with E-state index in [1.54, 1.807) is 11.8 Å². The van der Waals surface area contributed by atoms with Crippen molar-refractivity contribution in [3.8, 4) is 0 Å². The number of rotatable bonds is 16. The van der Waals surface area contributed by atoms with Crippen molar-refractivity contribution in [2.24, 2.45) is 0 Å². The maximum atomic E-state index is 12.6. The first-order valence-corrected chi connectivity index (χ1v) is 12.6. The summed E-state index contributed by atoms with van der Waals surface area (Å²) in [5.74, 6) is -0.186. The molecule has 0 aromatic carbocycles. The van der Waals surface area contributed by atoms with Crippen LogP contribution >= 0.6 is 35.3 Å². The molecule has 27 heavy (non-hydrogen) atoms. The van der Waals surface area contributed by atoms with Gasteiger partial charge in [-0.1, -0.05) is 0 Å². The molecule has 156 valence electrons. The van der Waals surface area contributed by atoms with Gasteiger partial charge in [-0.05, 0) is 55.3 Å². The molecule has 11 heteroatoms. The van der Waals surface area contributed by atoms with Gasteiger partial charge in [0.1, 0.15) is 18.1 Å². The topological polar surface area (TPSA) is 125 Å². The van der Waals surface area contributed by atoms with E-state index in [-0.39, 0.29) is 0 Å². The number of amides is 3. The Bertz CT molecular complexity index is 482. The SMILES string of the molecule is CSCC[C@H](NC(=O)[C@@H](CCSC)NC(=O)[C@H](CCSC)NC=O)C(=O)O. The molecule has 0 saturated heterocycles. The lowest BCUT2D eigenvalue weighted by atomic mass is 10.1. The average Bonchev–Trinajstić information content (AvgIpc) is 2.64. The highest BCUT2D eigenvalue weighted by Crippen LogP contribution is 2.07. The molecule has 3 amide bonds. The zero-order valence-electron chi connectivity index (χ0n) is 15.9. The van der Waals surface area contributed by atoms with Crippen LogP contribution < -0.4 is 16.0 Å². The maximum Gasteiger partial charge on any atom is 0.326 e. The third-order valence-corrected chi connectivity index (χ3v) is 5.60. The van der Waals surface area contributed by atoms with Crippen LogP contribution in [0.25, 0.3) is 0 Å². The largest absolute Gasteiger partial charge is 0.480 e. The molecule has 8 nitrogen and oxygen atoms in total. The van der Waals surface area contributed by atoms with Gasteiger partial charge in [0.05, 0.1) is 0 Å². The van der Waals surface area contributed by atoms with Crippen LogP contribution in [0.5, 0.6) is 0 Å². The highest BCUT2D eigenvalue weighted by molar-refractivity contribution is 7.98. The highest BCUT2D eigenvalue weighted by Gasteiger charge is 2.28. The van der Waals surface area contributed by atoms with Gasteiger partial charge >= 0.3 is 5.97 Å². The van der Waals surface area contributed by atoms with Crippen molar-refractivity contribution in [2.75, 3.05) is 36.0 Å². The summed E-state index contributed by atoms with van der Waals surface area (Å²) in [4.78, 5) is 47.1. The molecule has 0 aliphatic rings. The lowest BCUT2D eigenvalue weighted by Gasteiger charge is -2.23. The summed E-state index contributed by atoms with van der Waals surface area (Å²) >= 11 is 4.56. The molecule has 0 aliphatic heterocycles.